The van der Waals surface area contributed by atoms with E-state index < -0.39 is 11.9 Å². The second-order valence-electron chi connectivity index (χ2n) is 8.44. The first-order valence-corrected chi connectivity index (χ1v) is 12.5. The van der Waals surface area contributed by atoms with Gasteiger partial charge in [0.25, 0.3) is 11.8 Å². The molecule has 0 unspecified atom stereocenters. The molecule has 35 heavy (non-hydrogen) atoms. The van der Waals surface area contributed by atoms with Crippen LogP contribution in [0.3, 0.4) is 0 Å². The minimum absolute atomic E-state index is 0.0800. The van der Waals surface area contributed by atoms with Gasteiger partial charge in [-0.25, -0.2) is 0 Å². The monoisotopic (exact) mass is 495 g/mol. The number of hydrogen-bond donors (Lipinski definition) is 2. The van der Waals surface area contributed by atoms with Gasteiger partial charge in [0.2, 0.25) is 5.91 Å². The lowest BCUT2D eigenvalue weighted by molar-refractivity contribution is -0.141. The zero-order valence-electron chi connectivity index (χ0n) is 19.6. The van der Waals surface area contributed by atoms with E-state index >= 15 is 0 Å². The first-order valence-electron chi connectivity index (χ1n) is 11.6. The Kier molecular flexibility index (Phi) is 8.20. The number of amides is 3. The van der Waals surface area contributed by atoms with Gasteiger partial charge < -0.3 is 24.7 Å². The fourth-order valence-corrected chi connectivity index (χ4v) is 4.86. The second-order valence-corrected chi connectivity index (χ2v) is 9.39. The first-order chi connectivity index (χ1) is 17.0. The summed E-state index contributed by atoms with van der Waals surface area (Å²) in [5, 5.41) is 7.57. The topological polar surface area (TPSA) is 101 Å². The molecular formula is C26H29N3O5S. The van der Waals surface area contributed by atoms with Crippen molar-refractivity contribution in [2.45, 2.75) is 44.3 Å². The summed E-state index contributed by atoms with van der Waals surface area (Å²) in [5.41, 5.74) is 0.814. The summed E-state index contributed by atoms with van der Waals surface area (Å²) in [5.74, 6) is 0.0398. The van der Waals surface area contributed by atoms with Crippen LogP contribution in [-0.2, 0) is 16.1 Å². The maximum atomic E-state index is 13.5. The van der Waals surface area contributed by atoms with Crippen molar-refractivity contribution < 1.29 is 23.5 Å². The van der Waals surface area contributed by atoms with E-state index in [1.54, 1.807) is 48.9 Å². The molecule has 184 valence electrons. The Balaban J connectivity index is 1.59. The van der Waals surface area contributed by atoms with Crippen LogP contribution < -0.4 is 15.4 Å². The van der Waals surface area contributed by atoms with Crippen LogP contribution >= 0.6 is 11.3 Å². The zero-order chi connectivity index (χ0) is 24.6. The SMILES string of the molecule is COc1ccc(CN(C(=O)CNC(=O)c2cccs2)[C@H](C(=O)NC2CCCC2)c2ccco2)cc1. The van der Waals surface area contributed by atoms with E-state index in [2.05, 4.69) is 10.6 Å². The maximum Gasteiger partial charge on any atom is 0.261 e. The average Bonchev–Trinajstić information content (AvgIpc) is 3.66. The molecule has 1 aliphatic rings. The Hall–Kier alpha value is -3.59. The van der Waals surface area contributed by atoms with Crippen LogP contribution in [-0.4, -0.2) is 42.3 Å². The third kappa shape index (κ3) is 6.30. The number of nitrogens with zero attached hydrogens (tertiary/aromatic N) is 1. The molecule has 0 saturated heterocycles. The molecule has 2 aromatic heterocycles. The van der Waals surface area contributed by atoms with Gasteiger partial charge in [-0.2, -0.15) is 0 Å². The van der Waals surface area contributed by atoms with E-state index in [9.17, 15) is 14.4 Å². The minimum Gasteiger partial charge on any atom is -0.497 e. The molecule has 0 bridgehead atoms. The molecule has 3 aromatic rings. The molecule has 0 radical (unpaired) electrons. The number of furan rings is 1. The average molecular weight is 496 g/mol. The first kappa shape index (κ1) is 24.5. The fraction of sp³-hybridized carbons (Fsp3) is 0.346. The smallest absolute Gasteiger partial charge is 0.261 e. The van der Waals surface area contributed by atoms with Gasteiger partial charge in [-0.1, -0.05) is 31.0 Å². The van der Waals surface area contributed by atoms with Crippen molar-refractivity contribution in [1.29, 1.82) is 0 Å². The maximum absolute atomic E-state index is 13.5. The van der Waals surface area contributed by atoms with Gasteiger partial charge in [-0.05, 0) is 54.1 Å². The summed E-state index contributed by atoms with van der Waals surface area (Å²) in [6.45, 7) is -0.0953. The number of ether oxygens (including phenoxy) is 1. The van der Waals surface area contributed by atoms with Crippen LogP contribution in [0.25, 0.3) is 0 Å². The molecule has 1 fully saturated rings. The van der Waals surface area contributed by atoms with Crippen molar-refractivity contribution in [2.24, 2.45) is 0 Å². The van der Waals surface area contributed by atoms with Crippen molar-refractivity contribution in [3.8, 4) is 5.75 Å². The largest absolute Gasteiger partial charge is 0.497 e. The molecule has 2 N–H and O–H groups in total. The standard InChI is InChI=1S/C26H29N3O5S/c1-33-20-12-10-18(11-13-20)17-29(23(30)16-27-25(31)22-9-5-15-35-22)24(21-8-4-14-34-21)26(32)28-19-6-2-3-7-19/h4-5,8-15,19,24H,2-3,6-7,16-17H2,1H3,(H,27,31)(H,28,32)/t24-/m0/s1. The van der Waals surface area contributed by atoms with Gasteiger partial charge in [0, 0.05) is 12.6 Å². The van der Waals surface area contributed by atoms with Crippen molar-refractivity contribution in [3.63, 3.8) is 0 Å². The summed E-state index contributed by atoms with van der Waals surface area (Å²) in [7, 11) is 1.58. The number of methoxy groups -OCH3 is 1. The number of nitrogens with one attached hydrogen (secondary N) is 2. The molecule has 4 rings (SSSR count). The lowest BCUT2D eigenvalue weighted by Crippen LogP contribution is -2.48. The van der Waals surface area contributed by atoms with E-state index in [-0.39, 0.29) is 30.9 Å². The van der Waals surface area contributed by atoms with Gasteiger partial charge in [-0.15, -0.1) is 11.3 Å². The Labute approximate surface area is 208 Å². The van der Waals surface area contributed by atoms with Crippen molar-refractivity contribution in [2.75, 3.05) is 13.7 Å². The number of rotatable bonds is 10. The lowest BCUT2D eigenvalue weighted by atomic mass is 10.1. The molecular weight excluding hydrogens is 466 g/mol. The number of carbonyl (C=O) groups excluding carboxylic acids is 3. The van der Waals surface area contributed by atoms with Crippen LogP contribution in [0, 0.1) is 0 Å². The van der Waals surface area contributed by atoms with E-state index in [4.69, 9.17) is 9.15 Å². The highest BCUT2D eigenvalue weighted by atomic mass is 32.1. The predicted octanol–water partition coefficient (Wildman–Crippen LogP) is 3.91. The Morgan fingerprint density at radius 3 is 2.51 bits per heavy atom. The Morgan fingerprint density at radius 1 is 1.11 bits per heavy atom. The summed E-state index contributed by atoms with van der Waals surface area (Å²) in [6, 6.07) is 13.3. The minimum atomic E-state index is -0.973. The van der Waals surface area contributed by atoms with E-state index in [0.717, 1.165) is 31.2 Å². The van der Waals surface area contributed by atoms with E-state index in [1.807, 2.05) is 12.1 Å². The van der Waals surface area contributed by atoms with Crippen molar-refractivity contribution >= 4 is 29.1 Å². The van der Waals surface area contributed by atoms with Gasteiger partial charge in [0.15, 0.2) is 6.04 Å². The molecule has 1 saturated carbocycles. The summed E-state index contributed by atoms with van der Waals surface area (Å²) < 4.78 is 10.8. The predicted molar refractivity (Wildman–Crippen MR) is 132 cm³/mol. The molecule has 9 heteroatoms. The zero-order valence-corrected chi connectivity index (χ0v) is 20.4. The fourth-order valence-electron chi connectivity index (χ4n) is 4.22. The normalized spacial score (nSPS) is 14.3. The molecule has 0 aliphatic heterocycles. The highest BCUT2D eigenvalue weighted by Gasteiger charge is 2.35. The van der Waals surface area contributed by atoms with Gasteiger partial charge >= 0.3 is 0 Å². The Bertz CT molecular complexity index is 1110. The molecule has 2 heterocycles. The van der Waals surface area contributed by atoms with Crippen LogP contribution in [0.2, 0.25) is 0 Å². The number of hydrogen-bond acceptors (Lipinski definition) is 6. The molecule has 1 aromatic carbocycles. The highest BCUT2D eigenvalue weighted by molar-refractivity contribution is 7.12. The van der Waals surface area contributed by atoms with Gasteiger partial charge in [0.1, 0.15) is 11.5 Å². The van der Waals surface area contributed by atoms with Crippen LogP contribution in [0.5, 0.6) is 5.75 Å². The number of thiophene rings is 1. The molecule has 0 spiro atoms. The van der Waals surface area contributed by atoms with Crippen LogP contribution in [0.1, 0.15) is 52.7 Å². The third-order valence-electron chi connectivity index (χ3n) is 6.05. The molecule has 8 nitrogen and oxygen atoms in total. The summed E-state index contributed by atoms with van der Waals surface area (Å²) in [4.78, 5) is 41.4. The molecule has 1 atom stereocenters. The van der Waals surface area contributed by atoms with Crippen LogP contribution in [0.4, 0.5) is 0 Å². The summed E-state index contributed by atoms with van der Waals surface area (Å²) >= 11 is 1.30. The lowest BCUT2D eigenvalue weighted by Gasteiger charge is -2.31. The quantitative estimate of drug-likeness (QED) is 0.444. The van der Waals surface area contributed by atoms with Gasteiger partial charge in [-0.3, -0.25) is 14.4 Å². The third-order valence-corrected chi connectivity index (χ3v) is 6.92. The summed E-state index contributed by atoms with van der Waals surface area (Å²) in [6.07, 6.45) is 5.46. The number of benzene rings is 1. The highest BCUT2D eigenvalue weighted by Crippen LogP contribution is 2.27. The van der Waals surface area contributed by atoms with Gasteiger partial charge in [0.05, 0.1) is 24.8 Å². The second kappa shape index (κ2) is 11.7. The van der Waals surface area contributed by atoms with Crippen molar-refractivity contribution in [1.82, 2.24) is 15.5 Å². The molecule has 3 amide bonds. The van der Waals surface area contributed by atoms with Crippen molar-refractivity contribution in [3.05, 3.63) is 76.4 Å². The molecule has 1 aliphatic carbocycles. The number of carbonyl (C=O) groups is 3. The van der Waals surface area contributed by atoms with E-state index in [1.165, 1.54) is 22.5 Å². The van der Waals surface area contributed by atoms with Crippen LogP contribution in [0.15, 0.2) is 64.6 Å². The Morgan fingerprint density at radius 2 is 1.89 bits per heavy atom. The van der Waals surface area contributed by atoms with E-state index in [0.29, 0.717) is 16.4 Å².